The molecular weight excluding hydrogens is 296 g/mol. The van der Waals surface area contributed by atoms with Crippen molar-refractivity contribution >= 4 is 11.9 Å². The molecule has 2 heterocycles. The van der Waals surface area contributed by atoms with Gasteiger partial charge in [0.2, 0.25) is 12.1 Å². The third kappa shape index (κ3) is 2.99. The summed E-state index contributed by atoms with van der Waals surface area (Å²) in [6.07, 6.45) is 0.253. The standard InChI is InChI=1S/C16H20N4O3/c1-10-13(23-12-8-6-5-7-11(12)22-10)14(21)19-15-17-9-18-20(15)16(2,3)4/h5-10,13H,1-4H3,(H,17,18,19,21). The first-order valence-electron chi connectivity index (χ1n) is 7.50. The predicted octanol–water partition coefficient (Wildman–Crippen LogP) is 2.20. The van der Waals surface area contributed by atoms with Crippen LogP contribution < -0.4 is 14.8 Å². The van der Waals surface area contributed by atoms with E-state index in [1.54, 1.807) is 17.7 Å². The number of carbonyl (C=O) groups excluding carboxylic acids is 1. The molecule has 2 aromatic rings. The highest BCUT2D eigenvalue weighted by Gasteiger charge is 2.35. The molecule has 0 radical (unpaired) electrons. The van der Waals surface area contributed by atoms with Gasteiger partial charge in [-0.2, -0.15) is 10.1 Å². The lowest BCUT2D eigenvalue weighted by atomic mass is 10.1. The van der Waals surface area contributed by atoms with Crippen LogP contribution in [0.2, 0.25) is 0 Å². The van der Waals surface area contributed by atoms with Gasteiger partial charge in [0.25, 0.3) is 5.91 Å². The Labute approximate surface area is 134 Å². The molecule has 0 aliphatic carbocycles. The lowest BCUT2D eigenvalue weighted by Gasteiger charge is -2.31. The van der Waals surface area contributed by atoms with Crippen LogP contribution >= 0.6 is 0 Å². The third-order valence-corrected chi connectivity index (χ3v) is 3.52. The summed E-state index contributed by atoms with van der Waals surface area (Å²) in [7, 11) is 0. The lowest BCUT2D eigenvalue weighted by Crippen LogP contribution is -2.46. The first-order valence-corrected chi connectivity index (χ1v) is 7.50. The van der Waals surface area contributed by atoms with E-state index in [2.05, 4.69) is 15.4 Å². The summed E-state index contributed by atoms with van der Waals surface area (Å²) in [5.74, 6) is 1.27. The van der Waals surface area contributed by atoms with E-state index in [0.29, 0.717) is 17.4 Å². The van der Waals surface area contributed by atoms with Gasteiger partial charge in [-0.1, -0.05) is 12.1 Å². The Morgan fingerprint density at radius 2 is 1.87 bits per heavy atom. The minimum Gasteiger partial charge on any atom is -0.482 e. The highest BCUT2D eigenvalue weighted by molar-refractivity contribution is 5.93. The number of nitrogens with zero attached hydrogens (tertiary/aromatic N) is 3. The fraction of sp³-hybridized carbons (Fsp3) is 0.438. The van der Waals surface area contributed by atoms with Crippen LogP contribution in [0.1, 0.15) is 27.7 Å². The third-order valence-electron chi connectivity index (χ3n) is 3.52. The Balaban J connectivity index is 1.78. The van der Waals surface area contributed by atoms with Gasteiger partial charge in [0.1, 0.15) is 12.4 Å². The van der Waals surface area contributed by atoms with E-state index >= 15 is 0 Å². The van der Waals surface area contributed by atoms with Crippen LogP contribution in [0, 0.1) is 0 Å². The van der Waals surface area contributed by atoms with Gasteiger partial charge in [0.05, 0.1) is 5.54 Å². The first-order chi connectivity index (χ1) is 10.9. The van der Waals surface area contributed by atoms with Crippen molar-refractivity contribution in [2.75, 3.05) is 5.32 Å². The summed E-state index contributed by atoms with van der Waals surface area (Å²) in [6.45, 7) is 7.75. The largest absolute Gasteiger partial charge is 0.482 e. The van der Waals surface area contributed by atoms with Gasteiger partial charge >= 0.3 is 0 Å². The van der Waals surface area contributed by atoms with Gasteiger partial charge in [0, 0.05) is 0 Å². The molecule has 2 unspecified atom stereocenters. The maximum atomic E-state index is 12.6. The molecule has 1 aliphatic rings. The van der Waals surface area contributed by atoms with Crippen LogP contribution in [0.4, 0.5) is 5.95 Å². The van der Waals surface area contributed by atoms with E-state index in [1.165, 1.54) is 6.33 Å². The van der Waals surface area contributed by atoms with Gasteiger partial charge in [-0.05, 0) is 39.8 Å². The van der Waals surface area contributed by atoms with Crippen LogP contribution in [-0.2, 0) is 10.3 Å². The lowest BCUT2D eigenvalue weighted by molar-refractivity contribution is -0.128. The number of benzene rings is 1. The molecule has 23 heavy (non-hydrogen) atoms. The smallest absolute Gasteiger partial charge is 0.271 e. The Morgan fingerprint density at radius 1 is 1.22 bits per heavy atom. The number of carbonyl (C=O) groups is 1. The van der Waals surface area contributed by atoms with Gasteiger partial charge < -0.3 is 9.47 Å². The summed E-state index contributed by atoms with van der Waals surface area (Å²) in [6, 6.07) is 7.29. The summed E-state index contributed by atoms with van der Waals surface area (Å²) >= 11 is 0. The molecule has 1 N–H and O–H groups in total. The second-order valence-corrected chi connectivity index (χ2v) is 6.46. The highest BCUT2D eigenvalue weighted by Crippen LogP contribution is 2.33. The van der Waals surface area contributed by atoms with E-state index in [9.17, 15) is 4.79 Å². The average molecular weight is 316 g/mol. The monoisotopic (exact) mass is 316 g/mol. The Bertz CT molecular complexity index is 720. The van der Waals surface area contributed by atoms with Crippen LogP contribution in [0.25, 0.3) is 0 Å². The molecular formula is C16H20N4O3. The van der Waals surface area contributed by atoms with Gasteiger partial charge in [-0.25, -0.2) is 4.68 Å². The zero-order valence-electron chi connectivity index (χ0n) is 13.6. The van der Waals surface area contributed by atoms with Crippen LogP contribution in [0.3, 0.4) is 0 Å². The van der Waals surface area contributed by atoms with Crippen molar-refractivity contribution in [2.45, 2.75) is 45.4 Å². The summed E-state index contributed by atoms with van der Waals surface area (Å²) in [5.41, 5.74) is -0.290. The number of anilines is 1. The summed E-state index contributed by atoms with van der Waals surface area (Å²) in [5, 5.41) is 6.93. The maximum Gasteiger partial charge on any atom is 0.271 e. The van der Waals surface area contributed by atoms with Gasteiger partial charge in [-0.3, -0.25) is 10.1 Å². The van der Waals surface area contributed by atoms with Crippen LogP contribution in [0.15, 0.2) is 30.6 Å². The molecule has 1 aliphatic heterocycles. The molecule has 2 atom stereocenters. The highest BCUT2D eigenvalue weighted by atomic mass is 16.6. The molecule has 1 aromatic carbocycles. The number of aromatic nitrogens is 3. The number of ether oxygens (including phenoxy) is 2. The minimum atomic E-state index is -0.755. The maximum absolute atomic E-state index is 12.6. The van der Waals surface area contributed by atoms with Crippen molar-refractivity contribution < 1.29 is 14.3 Å². The molecule has 0 fully saturated rings. The van der Waals surface area contributed by atoms with Gasteiger partial charge in [0.15, 0.2) is 11.5 Å². The van der Waals surface area contributed by atoms with Crippen molar-refractivity contribution in [1.29, 1.82) is 0 Å². The Morgan fingerprint density at radius 3 is 2.52 bits per heavy atom. The second kappa shape index (κ2) is 5.57. The van der Waals surface area contributed by atoms with E-state index in [-0.39, 0.29) is 11.4 Å². The molecule has 7 heteroatoms. The number of para-hydroxylation sites is 2. The van der Waals surface area contributed by atoms with Crippen molar-refractivity contribution in [1.82, 2.24) is 14.8 Å². The van der Waals surface area contributed by atoms with E-state index < -0.39 is 12.2 Å². The fourth-order valence-electron chi connectivity index (χ4n) is 2.41. The van der Waals surface area contributed by atoms with Crippen LogP contribution in [-0.4, -0.2) is 32.9 Å². The molecule has 7 nitrogen and oxygen atoms in total. The molecule has 1 aromatic heterocycles. The number of nitrogens with one attached hydrogen (secondary N) is 1. The molecule has 122 valence electrons. The summed E-state index contributed by atoms with van der Waals surface area (Å²) in [4.78, 5) is 16.7. The number of rotatable bonds is 2. The van der Waals surface area contributed by atoms with Crippen LogP contribution in [0.5, 0.6) is 11.5 Å². The molecule has 0 saturated carbocycles. The topological polar surface area (TPSA) is 78.3 Å². The van der Waals surface area contributed by atoms with E-state index in [4.69, 9.17) is 9.47 Å². The molecule has 0 spiro atoms. The van der Waals surface area contributed by atoms with Crippen molar-refractivity contribution in [2.24, 2.45) is 0 Å². The zero-order chi connectivity index (χ0) is 16.6. The number of hydrogen-bond acceptors (Lipinski definition) is 5. The molecule has 0 bridgehead atoms. The van der Waals surface area contributed by atoms with Gasteiger partial charge in [-0.15, -0.1) is 0 Å². The van der Waals surface area contributed by atoms with E-state index in [1.807, 2.05) is 39.0 Å². The van der Waals surface area contributed by atoms with Crippen molar-refractivity contribution in [3.05, 3.63) is 30.6 Å². The first kappa shape index (κ1) is 15.3. The quantitative estimate of drug-likeness (QED) is 0.919. The molecule has 0 saturated heterocycles. The Hall–Kier alpha value is -2.57. The summed E-state index contributed by atoms with van der Waals surface area (Å²) < 4.78 is 13.2. The number of hydrogen-bond donors (Lipinski definition) is 1. The molecule has 3 rings (SSSR count). The molecule has 1 amide bonds. The van der Waals surface area contributed by atoms with Crippen molar-refractivity contribution in [3.8, 4) is 11.5 Å². The number of fused-ring (bicyclic) bond motifs is 1. The van der Waals surface area contributed by atoms with Crippen molar-refractivity contribution in [3.63, 3.8) is 0 Å². The zero-order valence-corrected chi connectivity index (χ0v) is 13.6. The van der Waals surface area contributed by atoms with E-state index in [0.717, 1.165) is 0 Å². The predicted molar refractivity (Wildman–Crippen MR) is 84.6 cm³/mol. The second-order valence-electron chi connectivity index (χ2n) is 6.46. The Kier molecular flexibility index (Phi) is 3.71. The SMILES string of the molecule is CC1Oc2ccccc2OC1C(=O)Nc1ncnn1C(C)(C)C. The normalized spacial score (nSPS) is 20.2. The number of amides is 1. The average Bonchev–Trinajstić information content (AvgIpc) is 2.94. The fourth-order valence-corrected chi connectivity index (χ4v) is 2.41. The minimum absolute atomic E-state index is 0.290.